The molecule has 0 bridgehead atoms. The minimum Gasteiger partial charge on any atom is -0.317 e. The van der Waals surface area contributed by atoms with E-state index < -0.39 is 0 Å². The third-order valence-electron chi connectivity index (χ3n) is 4.68. The molecule has 0 amide bonds. The summed E-state index contributed by atoms with van der Waals surface area (Å²) in [6.45, 7) is 2.16. The van der Waals surface area contributed by atoms with E-state index in [1.165, 1.54) is 11.4 Å². The number of aryl methyl sites for hydroxylation is 2. The lowest BCUT2D eigenvalue weighted by Gasteiger charge is -2.25. The lowest BCUT2D eigenvalue weighted by Crippen LogP contribution is -2.30. The van der Waals surface area contributed by atoms with Crippen molar-refractivity contribution < 1.29 is 0 Å². The number of aromatic nitrogens is 3. The van der Waals surface area contributed by atoms with E-state index in [1.807, 2.05) is 12.3 Å². The van der Waals surface area contributed by atoms with E-state index in [1.54, 1.807) is 0 Å². The van der Waals surface area contributed by atoms with Gasteiger partial charge in [0.1, 0.15) is 11.3 Å². The molecule has 1 N–H and O–H groups in total. The number of benzene rings is 1. The van der Waals surface area contributed by atoms with Crippen LogP contribution in [0.3, 0.4) is 0 Å². The Hall–Kier alpha value is -2.20. The summed E-state index contributed by atoms with van der Waals surface area (Å²) in [7, 11) is 0. The van der Waals surface area contributed by atoms with Gasteiger partial charge in [-0.05, 0) is 50.0 Å². The lowest BCUT2D eigenvalue weighted by molar-refractivity contribution is 0.365. The molecule has 3 heterocycles. The zero-order valence-electron chi connectivity index (χ0n) is 13.3. The molecular formula is C19H22N4. The fourth-order valence-electron chi connectivity index (χ4n) is 3.50. The Morgan fingerprint density at radius 1 is 1.00 bits per heavy atom. The largest absolute Gasteiger partial charge is 0.317 e. The number of imidazole rings is 1. The smallest absolute Gasteiger partial charge is 0.160 e. The molecule has 4 heteroatoms. The molecular weight excluding hydrogens is 284 g/mol. The maximum Gasteiger partial charge on any atom is 0.160 e. The number of piperidine rings is 1. The molecule has 0 aliphatic carbocycles. The van der Waals surface area contributed by atoms with Crippen LogP contribution in [0.15, 0.2) is 48.7 Å². The van der Waals surface area contributed by atoms with Crippen LogP contribution in [-0.4, -0.2) is 27.6 Å². The Kier molecular flexibility index (Phi) is 4.07. The summed E-state index contributed by atoms with van der Waals surface area (Å²) < 4.78 is 2.40. The van der Waals surface area contributed by atoms with Gasteiger partial charge in [0.05, 0.1) is 0 Å². The highest BCUT2D eigenvalue weighted by Crippen LogP contribution is 2.26. The Bertz CT molecular complexity index is 772. The predicted molar refractivity (Wildman–Crippen MR) is 92.5 cm³/mol. The van der Waals surface area contributed by atoms with Crippen LogP contribution in [0.4, 0.5) is 0 Å². The third kappa shape index (κ3) is 2.99. The van der Waals surface area contributed by atoms with E-state index in [0.29, 0.717) is 6.04 Å². The van der Waals surface area contributed by atoms with Crippen molar-refractivity contribution in [2.45, 2.75) is 31.7 Å². The monoisotopic (exact) mass is 306 g/mol. The quantitative estimate of drug-likeness (QED) is 0.805. The van der Waals surface area contributed by atoms with Crippen molar-refractivity contribution in [2.24, 2.45) is 0 Å². The van der Waals surface area contributed by atoms with E-state index >= 15 is 0 Å². The van der Waals surface area contributed by atoms with Crippen LogP contribution < -0.4 is 5.32 Å². The molecule has 118 valence electrons. The molecule has 0 saturated carbocycles. The fourth-order valence-corrected chi connectivity index (χ4v) is 3.50. The molecule has 0 atom stereocenters. The molecule has 0 radical (unpaired) electrons. The predicted octanol–water partition coefficient (Wildman–Crippen LogP) is 3.14. The minimum absolute atomic E-state index is 0.516. The third-order valence-corrected chi connectivity index (χ3v) is 4.68. The average Bonchev–Trinajstić information content (AvgIpc) is 3.00. The molecule has 1 aromatic carbocycles. The molecule has 3 aromatic rings. The molecule has 4 nitrogen and oxygen atoms in total. The van der Waals surface area contributed by atoms with Crippen molar-refractivity contribution in [2.75, 3.05) is 13.1 Å². The molecule has 1 aliphatic rings. The van der Waals surface area contributed by atoms with Gasteiger partial charge >= 0.3 is 0 Å². The molecule has 0 spiro atoms. The zero-order chi connectivity index (χ0) is 15.5. The lowest BCUT2D eigenvalue weighted by atomic mass is 10.1. The van der Waals surface area contributed by atoms with Gasteiger partial charge in [-0.3, -0.25) is 0 Å². The van der Waals surface area contributed by atoms with Gasteiger partial charge in [-0.25, -0.2) is 9.97 Å². The van der Waals surface area contributed by atoms with Crippen LogP contribution in [-0.2, 0) is 12.8 Å². The van der Waals surface area contributed by atoms with Crippen LogP contribution in [0.1, 0.15) is 30.3 Å². The highest BCUT2D eigenvalue weighted by atomic mass is 15.2. The van der Waals surface area contributed by atoms with Crippen molar-refractivity contribution in [3.05, 3.63) is 60.0 Å². The zero-order valence-corrected chi connectivity index (χ0v) is 13.3. The molecule has 1 aliphatic heterocycles. The van der Waals surface area contributed by atoms with Crippen molar-refractivity contribution in [3.63, 3.8) is 0 Å². The molecule has 4 rings (SSSR count). The summed E-state index contributed by atoms with van der Waals surface area (Å²) in [6.07, 6.45) is 6.17. The van der Waals surface area contributed by atoms with Gasteiger partial charge in [0.2, 0.25) is 0 Å². The van der Waals surface area contributed by atoms with Crippen molar-refractivity contribution in [1.29, 1.82) is 0 Å². The van der Waals surface area contributed by atoms with Crippen LogP contribution in [0, 0.1) is 0 Å². The number of pyridine rings is 1. The summed E-state index contributed by atoms with van der Waals surface area (Å²) in [5, 5.41) is 3.45. The second-order valence-corrected chi connectivity index (χ2v) is 6.21. The Labute approximate surface area is 136 Å². The SMILES string of the molecule is c1ccc(CCc2nc3cccnc3n2C2CCNCC2)cc1. The van der Waals surface area contributed by atoms with Crippen LogP contribution >= 0.6 is 0 Å². The van der Waals surface area contributed by atoms with Crippen LogP contribution in [0.25, 0.3) is 11.2 Å². The second-order valence-electron chi connectivity index (χ2n) is 6.21. The van der Waals surface area contributed by atoms with Gasteiger partial charge in [0.15, 0.2) is 5.65 Å². The van der Waals surface area contributed by atoms with E-state index in [9.17, 15) is 0 Å². The van der Waals surface area contributed by atoms with Crippen molar-refractivity contribution in [3.8, 4) is 0 Å². The van der Waals surface area contributed by atoms with Crippen molar-refractivity contribution in [1.82, 2.24) is 19.9 Å². The molecule has 2 aromatic heterocycles. The maximum atomic E-state index is 4.88. The topological polar surface area (TPSA) is 42.7 Å². The van der Waals surface area contributed by atoms with E-state index in [4.69, 9.17) is 4.98 Å². The number of nitrogens with zero attached hydrogens (tertiary/aromatic N) is 3. The first-order chi connectivity index (χ1) is 11.4. The normalized spacial score (nSPS) is 16.0. The highest BCUT2D eigenvalue weighted by molar-refractivity contribution is 5.71. The van der Waals surface area contributed by atoms with E-state index in [-0.39, 0.29) is 0 Å². The average molecular weight is 306 g/mol. The summed E-state index contributed by atoms with van der Waals surface area (Å²) >= 11 is 0. The minimum atomic E-state index is 0.516. The van der Waals surface area contributed by atoms with Gasteiger partial charge < -0.3 is 9.88 Å². The van der Waals surface area contributed by atoms with E-state index in [0.717, 1.165) is 49.9 Å². The van der Waals surface area contributed by atoms with Gasteiger partial charge in [-0.15, -0.1) is 0 Å². The maximum absolute atomic E-state index is 4.88. The van der Waals surface area contributed by atoms with E-state index in [2.05, 4.69) is 51.3 Å². The molecule has 1 fully saturated rings. The number of rotatable bonds is 4. The number of hydrogen-bond donors (Lipinski definition) is 1. The first-order valence-corrected chi connectivity index (χ1v) is 8.48. The van der Waals surface area contributed by atoms with Crippen molar-refractivity contribution >= 4 is 11.2 Å². The Morgan fingerprint density at radius 3 is 2.65 bits per heavy atom. The second kappa shape index (κ2) is 6.50. The molecule has 23 heavy (non-hydrogen) atoms. The number of nitrogens with one attached hydrogen (secondary N) is 1. The standard InChI is InChI=1S/C19H22N4/c1-2-5-15(6-3-1)8-9-18-22-17-7-4-12-21-19(17)23(18)16-10-13-20-14-11-16/h1-7,12,16,20H,8-11,13-14H2. The fraction of sp³-hybridized carbons (Fsp3) is 0.368. The van der Waals surface area contributed by atoms with Gasteiger partial charge in [0.25, 0.3) is 0 Å². The van der Waals surface area contributed by atoms with Gasteiger partial charge in [-0.1, -0.05) is 30.3 Å². The van der Waals surface area contributed by atoms with Crippen LogP contribution in [0.2, 0.25) is 0 Å². The molecule has 1 saturated heterocycles. The van der Waals surface area contributed by atoms with Crippen LogP contribution in [0.5, 0.6) is 0 Å². The summed E-state index contributed by atoms with van der Waals surface area (Å²) in [5.41, 5.74) is 3.43. The first-order valence-electron chi connectivity index (χ1n) is 8.48. The summed E-state index contributed by atoms with van der Waals surface area (Å²) in [5.74, 6) is 1.18. The number of hydrogen-bond acceptors (Lipinski definition) is 3. The Balaban J connectivity index is 1.67. The number of fused-ring (bicyclic) bond motifs is 1. The van der Waals surface area contributed by atoms with Gasteiger partial charge in [0, 0.05) is 18.7 Å². The Morgan fingerprint density at radius 2 is 1.83 bits per heavy atom. The van der Waals surface area contributed by atoms with Gasteiger partial charge in [-0.2, -0.15) is 0 Å². The first kappa shape index (κ1) is 14.4. The summed E-state index contributed by atoms with van der Waals surface area (Å²) in [6, 6.07) is 15.2. The highest BCUT2D eigenvalue weighted by Gasteiger charge is 2.21. The molecule has 0 unspecified atom stereocenters. The summed E-state index contributed by atoms with van der Waals surface area (Å²) in [4.78, 5) is 9.50.